The van der Waals surface area contributed by atoms with Gasteiger partial charge in [0.05, 0.1) is 10.2 Å². The molecule has 0 bridgehead atoms. The van der Waals surface area contributed by atoms with Crippen molar-refractivity contribution in [3.8, 4) is 0 Å². The molecule has 3 radical (unpaired) electrons. The van der Waals surface area contributed by atoms with Crippen molar-refractivity contribution in [3.63, 3.8) is 0 Å². The van der Waals surface area contributed by atoms with Crippen molar-refractivity contribution in [2.45, 2.75) is 13.8 Å². The predicted octanol–water partition coefficient (Wildman–Crippen LogP) is 2.44. The summed E-state index contributed by atoms with van der Waals surface area (Å²) in [5.74, 6) is 0. The van der Waals surface area contributed by atoms with Crippen molar-refractivity contribution in [2.24, 2.45) is 0 Å². The standard InChI is InChI=1S/C10H11Si/c1-8-4-3-5-10(6-7-11)9(8)2/h3-7H,1-2H3. The first kappa shape index (κ1) is 8.28. The second kappa shape index (κ2) is 3.53. The maximum atomic E-state index is 3.31. The summed E-state index contributed by atoms with van der Waals surface area (Å²) in [5.41, 5.74) is 5.84. The minimum Gasteiger partial charge on any atom is -0.101 e. The normalized spacial score (nSPS) is 10.8. The molecule has 0 amide bonds. The highest BCUT2D eigenvalue weighted by molar-refractivity contribution is 6.19. The van der Waals surface area contributed by atoms with Gasteiger partial charge in [0.2, 0.25) is 0 Å². The largest absolute Gasteiger partial charge is 0.101 e. The minimum atomic E-state index is 1.28. The summed E-state index contributed by atoms with van der Waals surface area (Å²) >= 11 is 0. The topological polar surface area (TPSA) is 0 Å². The number of aryl methyl sites for hydroxylation is 1. The molecule has 0 aromatic heterocycles. The lowest BCUT2D eigenvalue weighted by Crippen LogP contribution is -1.84. The molecule has 1 aromatic carbocycles. The molecule has 0 fully saturated rings. The maximum Gasteiger partial charge on any atom is 0.0601 e. The third-order valence-corrected chi connectivity index (χ3v) is 2.08. The van der Waals surface area contributed by atoms with E-state index in [-0.39, 0.29) is 0 Å². The van der Waals surface area contributed by atoms with Gasteiger partial charge in [-0.3, -0.25) is 0 Å². The highest BCUT2D eigenvalue weighted by Gasteiger charge is 1.94. The molecule has 0 unspecified atom stereocenters. The van der Waals surface area contributed by atoms with Crippen LogP contribution in [0.2, 0.25) is 0 Å². The van der Waals surface area contributed by atoms with Crippen LogP contribution < -0.4 is 0 Å². The van der Waals surface area contributed by atoms with E-state index < -0.39 is 0 Å². The summed E-state index contributed by atoms with van der Waals surface area (Å²) in [6.45, 7) is 4.26. The Kier molecular flexibility index (Phi) is 2.66. The van der Waals surface area contributed by atoms with Crippen molar-refractivity contribution < 1.29 is 0 Å². The van der Waals surface area contributed by atoms with Gasteiger partial charge in [0.25, 0.3) is 0 Å². The zero-order chi connectivity index (χ0) is 8.27. The van der Waals surface area contributed by atoms with E-state index in [9.17, 15) is 0 Å². The van der Waals surface area contributed by atoms with E-state index in [4.69, 9.17) is 0 Å². The van der Waals surface area contributed by atoms with Crippen molar-refractivity contribution in [1.82, 2.24) is 0 Å². The van der Waals surface area contributed by atoms with Gasteiger partial charge in [-0.05, 0) is 30.5 Å². The molecule has 11 heavy (non-hydrogen) atoms. The molecule has 0 saturated carbocycles. The fraction of sp³-hybridized carbons (Fsp3) is 0.200. The van der Waals surface area contributed by atoms with Crippen LogP contribution in [-0.4, -0.2) is 10.2 Å². The Balaban J connectivity index is 3.16. The molecular formula is C10H11Si. The Morgan fingerprint density at radius 2 is 2.00 bits per heavy atom. The second-order valence-electron chi connectivity index (χ2n) is 2.62. The van der Waals surface area contributed by atoms with Crippen LogP contribution in [0.15, 0.2) is 23.9 Å². The summed E-state index contributed by atoms with van der Waals surface area (Å²) in [5, 5.41) is 0. The average molecular weight is 159 g/mol. The van der Waals surface area contributed by atoms with Gasteiger partial charge in [0.15, 0.2) is 0 Å². The Hall–Kier alpha value is -0.823. The van der Waals surface area contributed by atoms with Crippen molar-refractivity contribution in [2.75, 3.05) is 0 Å². The van der Waals surface area contributed by atoms with Gasteiger partial charge in [0, 0.05) is 0 Å². The predicted molar refractivity (Wildman–Crippen MR) is 50.7 cm³/mol. The molecule has 0 aliphatic carbocycles. The fourth-order valence-corrected chi connectivity index (χ4v) is 1.22. The first-order chi connectivity index (χ1) is 5.25. The van der Waals surface area contributed by atoms with Crippen LogP contribution in [0.4, 0.5) is 0 Å². The van der Waals surface area contributed by atoms with E-state index in [0.29, 0.717) is 0 Å². The van der Waals surface area contributed by atoms with Gasteiger partial charge < -0.3 is 0 Å². The van der Waals surface area contributed by atoms with Gasteiger partial charge in [-0.2, -0.15) is 0 Å². The first-order valence-electron chi connectivity index (χ1n) is 3.65. The molecule has 55 valence electrons. The molecule has 0 nitrogen and oxygen atoms in total. The third kappa shape index (κ3) is 1.81. The van der Waals surface area contributed by atoms with E-state index in [1.54, 1.807) is 0 Å². The molecular weight excluding hydrogens is 148 g/mol. The lowest BCUT2D eigenvalue weighted by atomic mass is 10.0. The highest BCUT2D eigenvalue weighted by atomic mass is 28.1. The van der Waals surface area contributed by atoms with Crippen LogP contribution in [0, 0.1) is 13.8 Å². The molecule has 1 heteroatoms. The summed E-state index contributed by atoms with van der Waals surface area (Å²) in [6, 6.07) is 6.31. The monoisotopic (exact) mass is 159 g/mol. The first-order valence-corrected chi connectivity index (χ1v) is 4.23. The quantitative estimate of drug-likeness (QED) is 0.552. The number of rotatable bonds is 1. The van der Waals surface area contributed by atoms with Gasteiger partial charge in [-0.25, -0.2) is 0 Å². The lowest BCUT2D eigenvalue weighted by molar-refractivity contribution is 1.33. The minimum absolute atomic E-state index is 1.28. The van der Waals surface area contributed by atoms with Gasteiger partial charge in [0.1, 0.15) is 0 Å². The maximum absolute atomic E-state index is 3.31. The molecule has 1 aromatic rings. The molecule has 0 heterocycles. The number of hydrogen-bond acceptors (Lipinski definition) is 0. The van der Waals surface area contributed by atoms with E-state index in [0.717, 1.165) is 0 Å². The molecule has 0 aliphatic rings. The SMILES string of the molecule is Cc1cccc(C=C[Si])c1C. The molecule has 0 saturated heterocycles. The van der Waals surface area contributed by atoms with Crippen LogP contribution >= 0.6 is 0 Å². The number of benzene rings is 1. The van der Waals surface area contributed by atoms with E-state index in [2.05, 4.69) is 48.4 Å². The zero-order valence-electron chi connectivity index (χ0n) is 6.89. The fourth-order valence-electron chi connectivity index (χ4n) is 1.04. The average Bonchev–Trinajstić information content (AvgIpc) is 1.99. The van der Waals surface area contributed by atoms with Crippen LogP contribution in [-0.2, 0) is 0 Å². The zero-order valence-corrected chi connectivity index (χ0v) is 7.89. The molecule has 0 spiro atoms. The smallest absolute Gasteiger partial charge is 0.0601 e. The number of hydrogen-bond donors (Lipinski definition) is 0. The summed E-state index contributed by atoms with van der Waals surface area (Å²) < 4.78 is 0. The van der Waals surface area contributed by atoms with Crippen molar-refractivity contribution in [1.29, 1.82) is 0 Å². The van der Waals surface area contributed by atoms with E-state index in [1.807, 2.05) is 5.70 Å². The third-order valence-electron chi connectivity index (χ3n) is 1.91. The highest BCUT2D eigenvalue weighted by Crippen LogP contribution is 2.13. The Labute approximate surface area is 71.4 Å². The Morgan fingerprint density at radius 1 is 1.27 bits per heavy atom. The van der Waals surface area contributed by atoms with Crippen LogP contribution in [0.1, 0.15) is 16.7 Å². The van der Waals surface area contributed by atoms with Crippen LogP contribution in [0.3, 0.4) is 0 Å². The van der Waals surface area contributed by atoms with Crippen molar-refractivity contribution in [3.05, 3.63) is 40.6 Å². The summed E-state index contributed by atoms with van der Waals surface area (Å²) in [4.78, 5) is 0. The molecule has 0 N–H and O–H groups in total. The van der Waals surface area contributed by atoms with E-state index in [1.165, 1.54) is 16.7 Å². The summed E-state index contributed by atoms with van der Waals surface area (Å²) in [6.07, 6.45) is 2.05. The van der Waals surface area contributed by atoms with Crippen molar-refractivity contribution >= 4 is 16.3 Å². The van der Waals surface area contributed by atoms with Gasteiger partial charge in [-0.1, -0.05) is 24.3 Å². The second-order valence-corrected chi connectivity index (χ2v) is 2.96. The molecule has 0 atom stereocenters. The molecule has 0 aliphatic heterocycles. The van der Waals surface area contributed by atoms with Crippen LogP contribution in [0.25, 0.3) is 6.08 Å². The molecule has 1 rings (SSSR count). The van der Waals surface area contributed by atoms with E-state index >= 15 is 0 Å². The lowest BCUT2D eigenvalue weighted by Gasteiger charge is -2.02. The van der Waals surface area contributed by atoms with Gasteiger partial charge in [-0.15, -0.1) is 5.70 Å². The van der Waals surface area contributed by atoms with Gasteiger partial charge >= 0.3 is 0 Å². The van der Waals surface area contributed by atoms with Crippen LogP contribution in [0.5, 0.6) is 0 Å². The Morgan fingerprint density at radius 3 is 2.64 bits per heavy atom. The summed E-state index contributed by atoms with van der Waals surface area (Å²) in [7, 11) is 3.31. The Bertz CT molecular complexity index is 274.